The molecule has 0 bridgehead atoms. The largest absolute Gasteiger partial charge is 0.478 e. The molecule has 17 heavy (non-hydrogen) atoms. The molecule has 0 unspecified atom stereocenters. The summed E-state index contributed by atoms with van der Waals surface area (Å²) in [7, 11) is 0. The molecule has 0 saturated carbocycles. The lowest BCUT2D eigenvalue weighted by Gasteiger charge is -2.09. The SMILES string of the molecule is CCCCC=C(CC)c1ccccc1C(=O)O. The van der Waals surface area contributed by atoms with Crippen molar-refractivity contribution in [1.82, 2.24) is 0 Å². The number of carbonyl (C=O) groups is 1. The number of carboxylic acid groups (broad SMARTS) is 1. The van der Waals surface area contributed by atoms with Crippen molar-refractivity contribution in [1.29, 1.82) is 0 Å². The standard InChI is InChI=1S/C15H20O2/c1-3-5-6-9-12(4-2)13-10-7-8-11-14(13)15(16)17/h7-11H,3-6H2,1-2H3,(H,16,17). The van der Waals surface area contributed by atoms with E-state index in [9.17, 15) is 4.79 Å². The van der Waals surface area contributed by atoms with E-state index in [2.05, 4.69) is 19.9 Å². The molecule has 0 aliphatic heterocycles. The van der Waals surface area contributed by atoms with Gasteiger partial charge in [0, 0.05) is 0 Å². The lowest BCUT2D eigenvalue weighted by molar-refractivity contribution is 0.0696. The fourth-order valence-corrected chi connectivity index (χ4v) is 1.87. The first-order chi connectivity index (χ1) is 8.20. The summed E-state index contributed by atoms with van der Waals surface area (Å²) in [5.41, 5.74) is 2.40. The predicted octanol–water partition coefficient (Wildman–Crippen LogP) is 4.37. The van der Waals surface area contributed by atoms with E-state index in [1.54, 1.807) is 12.1 Å². The van der Waals surface area contributed by atoms with Crippen LogP contribution in [0.1, 0.15) is 55.5 Å². The highest BCUT2D eigenvalue weighted by molar-refractivity contribution is 5.94. The van der Waals surface area contributed by atoms with Gasteiger partial charge in [-0.3, -0.25) is 0 Å². The van der Waals surface area contributed by atoms with Gasteiger partial charge in [0.2, 0.25) is 0 Å². The average Bonchev–Trinajstić information content (AvgIpc) is 2.35. The van der Waals surface area contributed by atoms with Crippen LogP contribution in [-0.2, 0) is 0 Å². The first-order valence-electron chi connectivity index (χ1n) is 6.22. The summed E-state index contributed by atoms with van der Waals surface area (Å²) in [6.45, 7) is 4.22. The molecule has 0 fully saturated rings. The molecule has 1 rings (SSSR count). The first kappa shape index (κ1) is 13.5. The smallest absolute Gasteiger partial charge is 0.336 e. The molecule has 0 aromatic heterocycles. The molecule has 0 amide bonds. The summed E-state index contributed by atoms with van der Waals surface area (Å²) in [5.74, 6) is -0.851. The highest BCUT2D eigenvalue weighted by Gasteiger charge is 2.11. The molecule has 0 atom stereocenters. The van der Waals surface area contributed by atoms with Gasteiger partial charge in [0.1, 0.15) is 0 Å². The molecule has 1 aromatic carbocycles. The topological polar surface area (TPSA) is 37.3 Å². The van der Waals surface area contributed by atoms with Crippen LogP contribution in [-0.4, -0.2) is 11.1 Å². The summed E-state index contributed by atoms with van der Waals surface area (Å²) in [6, 6.07) is 7.23. The van der Waals surface area contributed by atoms with Crippen molar-refractivity contribution in [2.75, 3.05) is 0 Å². The molecule has 0 aliphatic carbocycles. The minimum absolute atomic E-state index is 0.400. The Hall–Kier alpha value is -1.57. The van der Waals surface area contributed by atoms with Crippen LogP contribution in [0.4, 0.5) is 0 Å². The Balaban J connectivity index is 3.03. The van der Waals surface area contributed by atoms with E-state index in [1.165, 1.54) is 0 Å². The number of carboxylic acids is 1. The van der Waals surface area contributed by atoms with Gasteiger partial charge in [-0.1, -0.05) is 51.0 Å². The van der Waals surface area contributed by atoms with Crippen molar-refractivity contribution in [2.24, 2.45) is 0 Å². The van der Waals surface area contributed by atoms with E-state index in [4.69, 9.17) is 5.11 Å². The number of benzene rings is 1. The Morgan fingerprint density at radius 3 is 2.41 bits per heavy atom. The number of aromatic carboxylic acids is 1. The quantitative estimate of drug-likeness (QED) is 0.739. The van der Waals surface area contributed by atoms with Gasteiger partial charge in [-0.25, -0.2) is 4.79 Å². The highest BCUT2D eigenvalue weighted by atomic mass is 16.4. The monoisotopic (exact) mass is 232 g/mol. The van der Waals surface area contributed by atoms with Crippen molar-refractivity contribution in [3.8, 4) is 0 Å². The normalized spacial score (nSPS) is 11.5. The van der Waals surface area contributed by atoms with Crippen molar-refractivity contribution in [2.45, 2.75) is 39.5 Å². The Labute approximate surface area is 103 Å². The van der Waals surface area contributed by atoms with E-state index in [0.717, 1.165) is 36.8 Å². The van der Waals surface area contributed by atoms with Crippen LogP contribution in [0.3, 0.4) is 0 Å². The zero-order valence-electron chi connectivity index (χ0n) is 10.6. The number of allylic oxidation sites excluding steroid dienone is 2. The zero-order valence-corrected chi connectivity index (χ0v) is 10.6. The highest BCUT2D eigenvalue weighted by Crippen LogP contribution is 2.23. The molecule has 1 aromatic rings. The van der Waals surface area contributed by atoms with Crippen LogP contribution < -0.4 is 0 Å². The summed E-state index contributed by atoms with van der Waals surface area (Å²) in [6.07, 6.45) is 6.37. The second-order valence-corrected chi connectivity index (χ2v) is 4.08. The van der Waals surface area contributed by atoms with Gasteiger partial charge in [-0.15, -0.1) is 0 Å². The molecule has 2 heteroatoms. The molecule has 0 aliphatic rings. The predicted molar refractivity (Wildman–Crippen MR) is 71.2 cm³/mol. The Morgan fingerprint density at radius 2 is 1.88 bits per heavy atom. The zero-order chi connectivity index (χ0) is 12.7. The second-order valence-electron chi connectivity index (χ2n) is 4.08. The number of unbranched alkanes of at least 4 members (excludes halogenated alkanes) is 2. The maximum absolute atomic E-state index is 11.1. The van der Waals surface area contributed by atoms with E-state index in [-0.39, 0.29) is 0 Å². The van der Waals surface area contributed by atoms with Gasteiger partial charge < -0.3 is 5.11 Å². The molecule has 1 N–H and O–H groups in total. The van der Waals surface area contributed by atoms with Gasteiger partial charge in [0.25, 0.3) is 0 Å². The number of hydrogen-bond acceptors (Lipinski definition) is 1. The molecule has 2 nitrogen and oxygen atoms in total. The Bertz CT molecular complexity index is 405. The van der Waals surface area contributed by atoms with Crippen LogP contribution in [0.2, 0.25) is 0 Å². The van der Waals surface area contributed by atoms with Crippen LogP contribution >= 0.6 is 0 Å². The molecule has 0 spiro atoms. The fraction of sp³-hybridized carbons (Fsp3) is 0.400. The average molecular weight is 232 g/mol. The summed E-state index contributed by atoms with van der Waals surface area (Å²) in [4.78, 5) is 11.1. The molecule has 0 heterocycles. The van der Waals surface area contributed by atoms with Crippen LogP contribution in [0.25, 0.3) is 5.57 Å². The number of rotatable bonds is 6. The molecule has 0 saturated heterocycles. The Morgan fingerprint density at radius 1 is 1.24 bits per heavy atom. The van der Waals surface area contributed by atoms with Crippen molar-refractivity contribution in [3.05, 3.63) is 41.5 Å². The molecule has 0 radical (unpaired) electrons. The van der Waals surface area contributed by atoms with Crippen molar-refractivity contribution in [3.63, 3.8) is 0 Å². The summed E-state index contributed by atoms with van der Waals surface area (Å²) >= 11 is 0. The molecular formula is C15H20O2. The molecular weight excluding hydrogens is 212 g/mol. The van der Waals surface area contributed by atoms with E-state index < -0.39 is 5.97 Å². The summed E-state index contributed by atoms with van der Waals surface area (Å²) in [5, 5.41) is 9.15. The summed E-state index contributed by atoms with van der Waals surface area (Å²) < 4.78 is 0. The second kappa shape index (κ2) is 6.89. The van der Waals surface area contributed by atoms with E-state index >= 15 is 0 Å². The number of hydrogen-bond donors (Lipinski definition) is 1. The lowest BCUT2D eigenvalue weighted by atomic mass is 9.96. The fourth-order valence-electron chi connectivity index (χ4n) is 1.87. The third-order valence-corrected chi connectivity index (χ3v) is 2.83. The maximum Gasteiger partial charge on any atom is 0.336 e. The van der Waals surface area contributed by atoms with Gasteiger partial charge in [0.05, 0.1) is 5.56 Å². The third kappa shape index (κ3) is 3.74. The first-order valence-corrected chi connectivity index (χ1v) is 6.22. The van der Waals surface area contributed by atoms with Crippen LogP contribution in [0.15, 0.2) is 30.3 Å². The van der Waals surface area contributed by atoms with Gasteiger partial charge in [0.15, 0.2) is 0 Å². The minimum Gasteiger partial charge on any atom is -0.478 e. The van der Waals surface area contributed by atoms with Crippen molar-refractivity contribution < 1.29 is 9.90 Å². The van der Waals surface area contributed by atoms with E-state index in [0.29, 0.717) is 5.56 Å². The van der Waals surface area contributed by atoms with Gasteiger partial charge in [-0.05, 0) is 30.0 Å². The van der Waals surface area contributed by atoms with Gasteiger partial charge in [-0.2, -0.15) is 0 Å². The Kier molecular flexibility index (Phi) is 5.47. The van der Waals surface area contributed by atoms with Crippen LogP contribution in [0, 0.1) is 0 Å². The van der Waals surface area contributed by atoms with E-state index in [1.807, 2.05) is 12.1 Å². The van der Waals surface area contributed by atoms with Crippen molar-refractivity contribution >= 4 is 11.5 Å². The third-order valence-electron chi connectivity index (χ3n) is 2.83. The minimum atomic E-state index is -0.851. The molecule has 92 valence electrons. The van der Waals surface area contributed by atoms with Gasteiger partial charge >= 0.3 is 5.97 Å². The lowest BCUT2D eigenvalue weighted by Crippen LogP contribution is -2.01. The van der Waals surface area contributed by atoms with Crippen LogP contribution in [0.5, 0.6) is 0 Å². The maximum atomic E-state index is 11.1.